The Morgan fingerprint density at radius 2 is 2.19 bits per heavy atom. The van der Waals surface area contributed by atoms with E-state index in [2.05, 4.69) is 25.5 Å². The van der Waals surface area contributed by atoms with E-state index in [0.29, 0.717) is 11.8 Å². The summed E-state index contributed by atoms with van der Waals surface area (Å²) in [4.78, 5) is 43.6. The van der Waals surface area contributed by atoms with E-state index in [0.717, 1.165) is 10.9 Å². The van der Waals surface area contributed by atoms with Gasteiger partial charge in [0.05, 0.1) is 4.92 Å². The van der Waals surface area contributed by atoms with E-state index < -0.39 is 16.0 Å². The smallest absolute Gasteiger partial charge is 0.292 e. The Kier molecular flexibility index (Phi) is 3.95. The number of nitrogen functional groups attached to an aromatic ring is 1. The van der Waals surface area contributed by atoms with Crippen molar-refractivity contribution in [3.63, 3.8) is 0 Å². The van der Waals surface area contributed by atoms with Crippen LogP contribution in [0.3, 0.4) is 0 Å². The van der Waals surface area contributed by atoms with Gasteiger partial charge in [0.1, 0.15) is 6.20 Å². The molecule has 0 amide bonds. The molecule has 0 saturated heterocycles. The minimum Gasteiger partial charge on any atom is -0.292 e. The van der Waals surface area contributed by atoms with E-state index in [1.165, 1.54) is 7.05 Å². The number of rotatable bonds is 4. The maximum Gasteiger partial charge on any atom is 0.339 e. The van der Waals surface area contributed by atoms with Crippen LogP contribution in [0.5, 0.6) is 0 Å². The fraction of sp³-hybridized carbons (Fsp3) is 0.125. The first-order valence-electron chi connectivity index (χ1n) is 5.25. The van der Waals surface area contributed by atoms with Gasteiger partial charge in [0, 0.05) is 7.05 Å². The van der Waals surface area contributed by atoms with Crippen LogP contribution in [0.2, 0.25) is 0 Å². The highest BCUT2D eigenvalue weighted by atomic mass is 32.2. The van der Waals surface area contributed by atoms with Crippen molar-refractivity contribution in [1.29, 1.82) is 0 Å². The van der Waals surface area contributed by atoms with Crippen molar-refractivity contribution in [1.82, 2.24) is 24.7 Å². The van der Waals surface area contributed by atoms with E-state index in [1.54, 1.807) is 0 Å². The molecule has 0 aromatic carbocycles. The fourth-order valence-corrected chi connectivity index (χ4v) is 2.12. The summed E-state index contributed by atoms with van der Waals surface area (Å²) in [6.45, 7) is 0. The van der Waals surface area contributed by atoms with E-state index in [4.69, 9.17) is 5.84 Å². The summed E-state index contributed by atoms with van der Waals surface area (Å²) < 4.78 is 1.15. The van der Waals surface area contributed by atoms with Crippen LogP contribution in [0.4, 0.5) is 11.6 Å². The zero-order valence-corrected chi connectivity index (χ0v) is 11.2. The van der Waals surface area contributed by atoms with E-state index in [9.17, 15) is 19.7 Å². The molecule has 0 atom stereocenters. The van der Waals surface area contributed by atoms with Crippen LogP contribution in [0.15, 0.2) is 26.0 Å². The molecule has 0 unspecified atom stereocenters. The minimum absolute atomic E-state index is 0.0179. The molecular formula is C8H8N8O4S. The zero-order valence-electron chi connectivity index (χ0n) is 10.4. The largest absolute Gasteiger partial charge is 0.339 e. The quantitative estimate of drug-likeness (QED) is 0.200. The molecule has 2 aromatic heterocycles. The lowest BCUT2D eigenvalue weighted by Crippen LogP contribution is -2.33. The summed E-state index contributed by atoms with van der Waals surface area (Å²) in [6, 6.07) is 0. The average molecular weight is 312 g/mol. The van der Waals surface area contributed by atoms with Crippen molar-refractivity contribution in [3.8, 4) is 0 Å². The number of hydrogen-bond donors (Lipinski definition) is 3. The number of nitro groups is 1. The van der Waals surface area contributed by atoms with E-state index >= 15 is 0 Å². The standard InChI is InChI=1S/C8H8N8O4S/c1-15-8(11-4(17)5(18)14-15)21-6-3(16(19)20)2-10-7(12-6)13-9/h2H,9H2,1H3,(H,14,18)(H,10,12,13). The molecule has 2 rings (SSSR count). The lowest BCUT2D eigenvalue weighted by atomic mass is 10.5. The highest BCUT2D eigenvalue weighted by molar-refractivity contribution is 7.99. The van der Waals surface area contributed by atoms with Gasteiger partial charge in [-0.05, 0) is 11.8 Å². The lowest BCUT2D eigenvalue weighted by Gasteiger charge is -2.06. The monoisotopic (exact) mass is 312 g/mol. The number of hydrogen-bond acceptors (Lipinski definition) is 10. The summed E-state index contributed by atoms with van der Waals surface area (Å²) >= 11 is 0.715. The van der Waals surface area contributed by atoms with Crippen LogP contribution in [0, 0.1) is 10.1 Å². The van der Waals surface area contributed by atoms with Gasteiger partial charge in [0.15, 0.2) is 10.2 Å². The van der Waals surface area contributed by atoms with Crippen LogP contribution in [-0.4, -0.2) is 29.7 Å². The van der Waals surface area contributed by atoms with Gasteiger partial charge >= 0.3 is 16.8 Å². The topological polar surface area (TPSA) is 175 Å². The van der Waals surface area contributed by atoms with Gasteiger partial charge in [-0.1, -0.05) is 0 Å². The Hall–Kier alpha value is -2.80. The second-order valence-corrected chi connectivity index (χ2v) is 4.54. The average Bonchev–Trinajstić information content (AvgIpc) is 2.44. The number of anilines is 1. The molecular weight excluding hydrogens is 304 g/mol. The number of nitrogens with zero attached hydrogens (tertiary/aromatic N) is 5. The minimum atomic E-state index is -1.01. The summed E-state index contributed by atoms with van der Waals surface area (Å²) in [6.07, 6.45) is 0.967. The molecule has 0 radical (unpaired) electrons. The first kappa shape index (κ1) is 14.6. The summed E-state index contributed by atoms with van der Waals surface area (Å²) in [5.41, 5.74) is -0.149. The molecule has 2 aromatic rings. The number of H-pyrrole nitrogens is 1. The Balaban J connectivity index is 2.52. The SMILES string of the molecule is Cn1[nH]c(=O)c(=O)nc1Sc1nc(NN)ncc1[N+](=O)[O-]. The van der Waals surface area contributed by atoms with Gasteiger partial charge in [-0.2, -0.15) is 9.97 Å². The lowest BCUT2D eigenvalue weighted by molar-refractivity contribution is -0.388. The van der Waals surface area contributed by atoms with Crippen molar-refractivity contribution in [2.45, 2.75) is 10.2 Å². The zero-order chi connectivity index (χ0) is 15.6. The number of aromatic nitrogens is 5. The maximum absolute atomic E-state index is 11.2. The molecule has 0 aliphatic heterocycles. The third kappa shape index (κ3) is 3.03. The van der Waals surface area contributed by atoms with Gasteiger partial charge < -0.3 is 0 Å². The Morgan fingerprint density at radius 3 is 2.81 bits per heavy atom. The Bertz CT molecular complexity index is 815. The van der Waals surface area contributed by atoms with Crippen molar-refractivity contribution >= 4 is 23.4 Å². The molecule has 0 aliphatic rings. The molecule has 0 aliphatic carbocycles. The molecule has 4 N–H and O–H groups in total. The van der Waals surface area contributed by atoms with E-state index in [1.807, 2.05) is 0 Å². The maximum atomic E-state index is 11.2. The van der Waals surface area contributed by atoms with Gasteiger partial charge in [0.25, 0.3) is 0 Å². The molecule has 2 heterocycles. The highest BCUT2D eigenvalue weighted by Gasteiger charge is 2.20. The Labute approximate surface area is 119 Å². The number of aromatic amines is 1. The van der Waals surface area contributed by atoms with Crippen LogP contribution in [-0.2, 0) is 7.05 Å². The van der Waals surface area contributed by atoms with Crippen molar-refractivity contribution < 1.29 is 4.92 Å². The highest BCUT2D eigenvalue weighted by Crippen LogP contribution is 2.30. The van der Waals surface area contributed by atoms with Crippen molar-refractivity contribution in [3.05, 3.63) is 37.0 Å². The molecule has 12 nitrogen and oxygen atoms in total. The van der Waals surface area contributed by atoms with Crippen LogP contribution in [0.1, 0.15) is 0 Å². The van der Waals surface area contributed by atoms with Crippen LogP contribution in [0.25, 0.3) is 0 Å². The fourth-order valence-electron chi connectivity index (χ4n) is 1.27. The predicted octanol–water partition coefficient (Wildman–Crippen LogP) is -1.40. The number of hydrazine groups is 1. The van der Waals surface area contributed by atoms with Gasteiger partial charge in [-0.15, -0.1) is 0 Å². The second-order valence-electron chi connectivity index (χ2n) is 3.59. The molecule has 0 saturated carbocycles. The molecule has 110 valence electrons. The summed E-state index contributed by atoms with van der Waals surface area (Å²) in [5, 5.41) is 13.1. The van der Waals surface area contributed by atoms with Crippen molar-refractivity contribution in [2.75, 3.05) is 5.43 Å². The molecule has 0 bridgehead atoms. The number of nitrogens with two attached hydrogens (primary N) is 1. The van der Waals surface area contributed by atoms with Crippen LogP contribution < -0.4 is 22.4 Å². The first-order valence-corrected chi connectivity index (χ1v) is 6.07. The Morgan fingerprint density at radius 1 is 1.48 bits per heavy atom. The first-order chi connectivity index (χ1) is 9.92. The molecule has 0 spiro atoms. The van der Waals surface area contributed by atoms with Gasteiger partial charge in [-0.25, -0.2) is 10.8 Å². The normalized spacial score (nSPS) is 10.4. The second kappa shape index (κ2) is 5.68. The van der Waals surface area contributed by atoms with Gasteiger partial charge in [0.2, 0.25) is 5.95 Å². The summed E-state index contributed by atoms with van der Waals surface area (Å²) in [7, 11) is 1.42. The number of aryl methyl sites for hydroxylation is 1. The van der Waals surface area contributed by atoms with E-state index in [-0.39, 0.29) is 21.8 Å². The van der Waals surface area contributed by atoms with Crippen molar-refractivity contribution in [2.24, 2.45) is 12.9 Å². The summed E-state index contributed by atoms with van der Waals surface area (Å²) in [5.74, 6) is 5.10. The third-order valence-corrected chi connectivity index (χ3v) is 3.24. The van der Waals surface area contributed by atoms with Crippen LogP contribution >= 0.6 is 11.8 Å². The van der Waals surface area contributed by atoms with Gasteiger partial charge in [-0.3, -0.25) is 34.9 Å². The third-order valence-electron chi connectivity index (χ3n) is 2.20. The molecule has 21 heavy (non-hydrogen) atoms. The molecule has 0 fully saturated rings. The predicted molar refractivity (Wildman–Crippen MR) is 70.7 cm³/mol. The number of nitrogens with one attached hydrogen (secondary N) is 2. The molecule has 13 heteroatoms.